The van der Waals surface area contributed by atoms with Crippen LogP contribution in [0, 0.1) is 0 Å². The fourth-order valence-corrected chi connectivity index (χ4v) is 2.55. The molecule has 0 fully saturated rings. The van der Waals surface area contributed by atoms with Crippen LogP contribution in [0.25, 0.3) is 10.4 Å². The Hall–Kier alpha value is -1.81. The number of nitrogens with one attached hydrogen (secondary N) is 1. The molecule has 94 valence electrons. The van der Waals surface area contributed by atoms with E-state index in [9.17, 15) is 4.79 Å². The Morgan fingerprint density at radius 1 is 1.33 bits per heavy atom. The Bertz CT molecular complexity index is 522. The molecule has 4 heteroatoms. The molecule has 0 spiro atoms. The summed E-state index contributed by atoms with van der Waals surface area (Å²) in [5.41, 5.74) is 1.92. The average Bonchev–Trinajstić information content (AvgIpc) is 2.89. The van der Waals surface area contributed by atoms with Crippen LogP contribution in [-0.4, -0.2) is 17.1 Å². The van der Waals surface area contributed by atoms with E-state index in [4.69, 9.17) is 5.11 Å². The maximum atomic E-state index is 11.1. The van der Waals surface area contributed by atoms with Gasteiger partial charge in [0.25, 0.3) is 0 Å². The van der Waals surface area contributed by atoms with Crippen LogP contribution in [0.1, 0.15) is 13.3 Å². The molecule has 0 amide bonds. The van der Waals surface area contributed by atoms with Gasteiger partial charge in [0.05, 0.1) is 0 Å². The van der Waals surface area contributed by atoms with Gasteiger partial charge in [-0.05, 0) is 23.9 Å². The highest BCUT2D eigenvalue weighted by molar-refractivity contribution is 7.13. The second-order valence-electron chi connectivity index (χ2n) is 3.97. The lowest BCUT2D eigenvalue weighted by atomic mass is 10.1. The highest BCUT2D eigenvalue weighted by atomic mass is 32.1. The molecule has 1 heterocycles. The van der Waals surface area contributed by atoms with Crippen molar-refractivity contribution in [3.8, 4) is 10.4 Å². The molecule has 2 aromatic rings. The molecule has 0 saturated carbocycles. The standard InChI is InChI=1S/C14H15NO2S/c1-2-11(14(16)17)15-12-7-4-3-6-10(12)13-8-5-9-18-13/h3-9,11,15H,2H2,1H3,(H,16,17). The molecule has 0 radical (unpaired) electrons. The molecule has 18 heavy (non-hydrogen) atoms. The second-order valence-corrected chi connectivity index (χ2v) is 4.91. The molecule has 0 bridgehead atoms. The van der Waals surface area contributed by atoms with Gasteiger partial charge in [-0.25, -0.2) is 4.79 Å². The predicted octanol–water partition coefficient (Wildman–Crippen LogP) is 3.69. The number of thiophene rings is 1. The summed E-state index contributed by atoms with van der Waals surface area (Å²) >= 11 is 1.65. The molecule has 2 N–H and O–H groups in total. The van der Waals surface area contributed by atoms with Crippen molar-refractivity contribution >= 4 is 23.0 Å². The summed E-state index contributed by atoms with van der Waals surface area (Å²) in [6.07, 6.45) is 0.550. The van der Waals surface area contributed by atoms with Gasteiger partial charge in [-0.1, -0.05) is 31.2 Å². The van der Waals surface area contributed by atoms with E-state index in [1.165, 1.54) is 0 Å². The van der Waals surface area contributed by atoms with Crippen LogP contribution >= 0.6 is 11.3 Å². The van der Waals surface area contributed by atoms with Crippen LogP contribution in [0.5, 0.6) is 0 Å². The molecule has 1 aromatic carbocycles. The Kier molecular flexibility index (Phi) is 3.99. The maximum Gasteiger partial charge on any atom is 0.326 e. The number of para-hydroxylation sites is 1. The number of aliphatic carboxylic acids is 1. The van der Waals surface area contributed by atoms with Crippen LogP contribution in [0.4, 0.5) is 5.69 Å². The summed E-state index contributed by atoms with van der Waals surface area (Å²) in [5.74, 6) is -0.821. The van der Waals surface area contributed by atoms with Crippen molar-refractivity contribution in [2.24, 2.45) is 0 Å². The number of carboxylic acid groups (broad SMARTS) is 1. The van der Waals surface area contributed by atoms with Crippen molar-refractivity contribution in [2.45, 2.75) is 19.4 Å². The summed E-state index contributed by atoms with van der Waals surface area (Å²) in [6.45, 7) is 1.86. The van der Waals surface area contributed by atoms with Crippen molar-refractivity contribution in [2.75, 3.05) is 5.32 Å². The third-order valence-corrected chi connectivity index (χ3v) is 3.65. The van der Waals surface area contributed by atoms with Crippen molar-refractivity contribution < 1.29 is 9.90 Å². The largest absolute Gasteiger partial charge is 0.480 e. The summed E-state index contributed by atoms with van der Waals surface area (Å²) in [5, 5.41) is 14.2. The minimum absolute atomic E-state index is 0.550. The van der Waals surface area contributed by atoms with Gasteiger partial charge in [0.2, 0.25) is 0 Å². The van der Waals surface area contributed by atoms with E-state index in [1.54, 1.807) is 11.3 Å². The van der Waals surface area contributed by atoms with Gasteiger partial charge in [0.1, 0.15) is 6.04 Å². The number of hydrogen-bond acceptors (Lipinski definition) is 3. The first-order chi connectivity index (χ1) is 8.72. The molecule has 3 nitrogen and oxygen atoms in total. The topological polar surface area (TPSA) is 49.3 Å². The predicted molar refractivity (Wildman–Crippen MR) is 75.1 cm³/mol. The molecule has 1 aromatic heterocycles. The number of hydrogen-bond donors (Lipinski definition) is 2. The van der Waals surface area contributed by atoms with Crippen molar-refractivity contribution in [1.29, 1.82) is 0 Å². The van der Waals surface area contributed by atoms with Crippen LogP contribution in [0.2, 0.25) is 0 Å². The first-order valence-corrected chi connectivity index (χ1v) is 6.72. The van der Waals surface area contributed by atoms with E-state index in [1.807, 2.05) is 48.7 Å². The second kappa shape index (κ2) is 5.69. The highest BCUT2D eigenvalue weighted by Gasteiger charge is 2.16. The van der Waals surface area contributed by atoms with Crippen molar-refractivity contribution in [3.05, 3.63) is 41.8 Å². The van der Waals surface area contributed by atoms with Crippen LogP contribution in [0.3, 0.4) is 0 Å². The monoisotopic (exact) mass is 261 g/mol. The molecule has 1 atom stereocenters. The van der Waals surface area contributed by atoms with Crippen LogP contribution in [0.15, 0.2) is 41.8 Å². The quantitative estimate of drug-likeness (QED) is 0.863. The number of carboxylic acids is 1. The maximum absolute atomic E-state index is 11.1. The SMILES string of the molecule is CCC(Nc1ccccc1-c1cccs1)C(=O)O. The smallest absolute Gasteiger partial charge is 0.326 e. The Morgan fingerprint density at radius 3 is 2.72 bits per heavy atom. The van der Waals surface area contributed by atoms with Crippen LogP contribution in [-0.2, 0) is 4.79 Å². The Morgan fingerprint density at radius 2 is 2.11 bits per heavy atom. The van der Waals surface area contributed by atoms with E-state index >= 15 is 0 Å². The van der Waals surface area contributed by atoms with E-state index in [2.05, 4.69) is 5.32 Å². The minimum atomic E-state index is -0.821. The van der Waals surface area contributed by atoms with E-state index in [0.29, 0.717) is 6.42 Å². The zero-order chi connectivity index (χ0) is 13.0. The third kappa shape index (κ3) is 2.71. The summed E-state index contributed by atoms with van der Waals surface area (Å²) in [7, 11) is 0. The Balaban J connectivity index is 2.31. The number of benzene rings is 1. The summed E-state index contributed by atoms with van der Waals surface area (Å²) in [6, 6.07) is 11.3. The van der Waals surface area contributed by atoms with Gasteiger partial charge in [0, 0.05) is 16.1 Å². The molecule has 2 rings (SSSR count). The zero-order valence-electron chi connectivity index (χ0n) is 10.1. The summed E-state index contributed by atoms with van der Waals surface area (Å²) < 4.78 is 0. The lowest BCUT2D eigenvalue weighted by molar-refractivity contribution is -0.137. The van der Waals surface area contributed by atoms with Gasteiger partial charge < -0.3 is 10.4 Å². The first kappa shape index (κ1) is 12.6. The molecular formula is C14H15NO2S. The fraction of sp³-hybridized carbons (Fsp3) is 0.214. The van der Waals surface area contributed by atoms with Crippen LogP contribution < -0.4 is 5.32 Å². The van der Waals surface area contributed by atoms with Crippen molar-refractivity contribution in [3.63, 3.8) is 0 Å². The normalized spacial score (nSPS) is 12.1. The zero-order valence-corrected chi connectivity index (χ0v) is 10.9. The molecule has 0 aliphatic heterocycles. The molecular weight excluding hydrogens is 246 g/mol. The lowest BCUT2D eigenvalue weighted by Gasteiger charge is -2.16. The molecule has 0 aliphatic rings. The number of anilines is 1. The summed E-state index contributed by atoms with van der Waals surface area (Å²) in [4.78, 5) is 12.2. The van der Waals surface area contributed by atoms with Gasteiger partial charge in [-0.2, -0.15) is 0 Å². The Labute approximate surface area is 110 Å². The van der Waals surface area contributed by atoms with E-state index in [0.717, 1.165) is 16.1 Å². The lowest BCUT2D eigenvalue weighted by Crippen LogP contribution is -2.28. The van der Waals surface area contributed by atoms with Crippen molar-refractivity contribution in [1.82, 2.24) is 0 Å². The van der Waals surface area contributed by atoms with E-state index < -0.39 is 12.0 Å². The molecule has 0 saturated heterocycles. The first-order valence-electron chi connectivity index (χ1n) is 5.84. The minimum Gasteiger partial charge on any atom is -0.480 e. The van der Waals surface area contributed by atoms with Gasteiger partial charge >= 0.3 is 5.97 Å². The fourth-order valence-electron chi connectivity index (χ4n) is 1.78. The van der Waals surface area contributed by atoms with Gasteiger partial charge in [0.15, 0.2) is 0 Å². The third-order valence-electron chi connectivity index (χ3n) is 2.75. The highest BCUT2D eigenvalue weighted by Crippen LogP contribution is 2.31. The number of carbonyl (C=O) groups is 1. The van der Waals surface area contributed by atoms with Gasteiger partial charge in [-0.3, -0.25) is 0 Å². The molecule has 1 unspecified atom stereocenters. The number of rotatable bonds is 5. The molecule has 0 aliphatic carbocycles. The average molecular weight is 261 g/mol. The van der Waals surface area contributed by atoms with E-state index in [-0.39, 0.29) is 0 Å². The van der Waals surface area contributed by atoms with Gasteiger partial charge in [-0.15, -0.1) is 11.3 Å².